The number of ether oxygens (including phenoxy) is 1. The summed E-state index contributed by atoms with van der Waals surface area (Å²) in [5.74, 6) is -2.41. The van der Waals surface area contributed by atoms with Gasteiger partial charge in [0.15, 0.2) is 0 Å². The molecule has 0 unspecified atom stereocenters. The van der Waals surface area contributed by atoms with E-state index in [-0.39, 0.29) is 13.0 Å². The van der Waals surface area contributed by atoms with Crippen LogP contribution in [0.5, 0.6) is 0 Å². The summed E-state index contributed by atoms with van der Waals surface area (Å²) >= 11 is 0. The molecule has 0 spiro atoms. The van der Waals surface area contributed by atoms with E-state index in [1.807, 2.05) is 6.07 Å². The Hall–Kier alpha value is -3.14. The van der Waals surface area contributed by atoms with Gasteiger partial charge in [-0.15, -0.1) is 0 Å². The molecular weight excluding hydrogens is 430 g/mol. The van der Waals surface area contributed by atoms with Gasteiger partial charge in [-0.25, -0.2) is 9.59 Å². The van der Waals surface area contributed by atoms with Crippen molar-refractivity contribution in [3.05, 3.63) is 35.9 Å². The lowest BCUT2D eigenvalue weighted by molar-refractivity contribution is -0.149. The number of carbonyl (C=O) groups excluding carboxylic acids is 3. The van der Waals surface area contributed by atoms with Gasteiger partial charge in [0, 0.05) is 13.0 Å². The van der Waals surface area contributed by atoms with Crippen LogP contribution in [0.3, 0.4) is 0 Å². The molecular formula is C23H33N3O7. The SMILES string of the molecule is C[C@@H](O)[C@H](NC(=O)OC(C)(C)C)C(=O)N[C@H](Cc1ccccc1)C(=O)N1CCC[C@H]1C(=O)O. The second kappa shape index (κ2) is 11.1. The first kappa shape index (κ1) is 26.1. The molecule has 1 aromatic rings. The summed E-state index contributed by atoms with van der Waals surface area (Å²) in [6.07, 6.45) is -1.16. The first-order chi connectivity index (χ1) is 15.4. The van der Waals surface area contributed by atoms with Crippen molar-refractivity contribution in [2.45, 2.75) is 76.8 Å². The van der Waals surface area contributed by atoms with E-state index in [0.717, 1.165) is 5.56 Å². The van der Waals surface area contributed by atoms with Gasteiger partial charge in [-0.3, -0.25) is 9.59 Å². The van der Waals surface area contributed by atoms with Crippen molar-refractivity contribution in [3.63, 3.8) is 0 Å². The maximum atomic E-state index is 13.3. The largest absolute Gasteiger partial charge is 0.480 e. The maximum absolute atomic E-state index is 13.3. The fraction of sp³-hybridized carbons (Fsp3) is 0.565. The number of nitrogens with zero attached hydrogens (tertiary/aromatic N) is 1. The van der Waals surface area contributed by atoms with Crippen LogP contribution < -0.4 is 10.6 Å². The predicted octanol–water partition coefficient (Wildman–Crippen LogP) is 1.06. The third-order valence-electron chi connectivity index (χ3n) is 5.16. The highest BCUT2D eigenvalue weighted by Crippen LogP contribution is 2.20. The number of carboxylic acid groups (broad SMARTS) is 1. The highest BCUT2D eigenvalue weighted by Gasteiger charge is 2.39. The van der Waals surface area contributed by atoms with Crippen molar-refractivity contribution >= 4 is 23.9 Å². The molecule has 1 fully saturated rings. The molecule has 3 amide bonds. The lowest BCUT2D eigenvalue weighted by Gasteiger charge is -2.29. The standard InChI is InChI=1S/C23H33N3O7/c1-14(27)18(25-22(32)33-23(2,3)4)19(28)24-16(13-15-9-6-5-7-10-15)20(29)26-12-8-11-17(26)21(30)31/h5-7,9-10,14,16-18,27H,8,11-13H2,1-4H3,(H,24,28)(H,25,32)(H,30,31)/t14-,16-,17+,18+/m1/s1. The zero-order chi connectivity index (χ0) is 24.8. The average Bonchev–Trinajstić information content (AvgIpc) is 3.20. The Morgan fingerprint density at radius 2 is 1.79 bits per heavy atom. The summed E-state index contributed by atoms with van der Waals surface area (Å²) in [6, 6.07) is 5.55. The summed E-state index contributed by atoms with van der Waals surface area (Å²) in [7, 11) is 0. The minimum Gasteiger partial charge on any atom is -0.480 e. The Labute approximate surface area is 193 Å². The van der Waals surface area contributed by atoms with Crippen LogP contribution >= 0.6 is 0 Å². The maximum Gasteiger partial charge on any atom is 0.408 e. The molecule has 0 aromatic heterocycles. The Morgan fingerprint density at radius 3 is 2.33 bits per heavy atom. The minimum atomic E-state index is -1.38. The van der Waals surface area contributed by atoms with Crippen molar-refractivity contribution in [1.29, 1.82) is 0 Å². The Bertz CT molecular complexity index is 851. The molecule has 1 aliphatic rings. The number of carboxylic acids is 1. The van der Waals surface area contributed by atoms with Gasteiger partial charge < -0.3 is 30.5 Å². The Morgan fingerprint density at radius 1 is 1.15 bits per heavy atom. The molecule has 2 rings (SSSR count). The lowest BCUT2D eigenvalue weighted by Crippen LogP contribution is -2.59. The first-order valence-electron chi connectivity index (χ1n) is 10.9. The fourth-order valence-electron chi connectivity index (χ4n) is 3.64. The van der Waals surface area contributed by atoms with Crippen LogP contribution in [-0.2, 0) is 25.5 Å². The van der Waals surface area contributed by atoms with Gasteiger partial charge in [0.2, 0.25) is 11.8 Å². The number of amides is 3. The minimum absolute atomic E-state index is 0.118. The Kier molecular flexibility index (Phi) is 8.81. The van der Waals surface area contributed by atoms with Gasteiger partial charge in [-0.2, -0.15) is 0 Å². The summed E-state index contributed by atoms with van der Waals surface area (Å²) in [6.45, 7) is 6.58. The Balaban J connectivity index is 2.22. The zero-order valence-corrected chi connectivity index (χ0v) is 19.4. The summed E-state index contributed by atoms with van der Waals surface area (Å²) < 4.78 is 5.16. The molecule has 0 aliphatic carbocycles. The molecule has 4 N–H and O–H groups in total. The van der Waals surface area contributed by atoms with Crippen molar-refractivity contribution in [2.24, 2.45) is 0 Å². The second-order valence-electron chi connectivity index (χ2n) is 9.14. The number of hydrogen-bond acceptors (Lipinski definition) is 6. The smallest absolute Gasteiger partial charge is 0.408 e. The van der Waals surface area contributed by atoms with Crippen molar-refractivity contribution in [2.75, 3.05) is 6.54 Å². The molecule has 10 heteroatoms. The molecule has 10 nitrogen and oxygen atoms in total. The van der Waals surface area contributed by atoms with Crippen LogP contribution in [0.25, 0.3) is 0 Å². The van der Waals surface area contributed by atoms with Crippen LogP contribution in [-0.4, -0.2) is 75.4 Å². The van der Waals surface area contributed by atoms with Crippen molar-refractivity contribution < 1.29 is 34.1 Å². The van der Waals surface area contributed by atoms with Crippen LogP contribution in [0.1, 0.15) is 46.1 Å². The van der Waals surface area contributed by atoms with Gasteiger partial charge in [0.25, 0.3) is 0 Å². The molecule has 4 atom stereocenters. The number of benzene rings is 1. The van der Waals surface area contributed by atoms with E-state index in [4.69, 9.17) is 4.74 Å². The lowest BCUT2D eigenvalue weighted by atomic mass is 10.0. The summed E-state index contributed by atoms with van der Waals surface area (Å²) in [4.78, 5) is 51.3. The number of likely N-dealkylation sites (tertiary alicyclic amines) is 1. The van der Waals surface area contributed by atoms with Crippen molar-refractivity contribution in [3.8, 4) is 0 Å². The van der Waals surface area contributed by atoms with Gasteiger partial charge in [-0.05, 0) is 46.1 Å². The summed E-state index contributed by atoms with van der Waals surface area (Å²) in [5, 5.41) is 24.5. The molecule has 1 saturated heterocycles. The monoisotopic (exact) mass is 463 g/mol. The van der Waals surface area contributed by atoms with E-state index in [1.165, 1.54) is 11.8 Å². The second-order valence-corrected chi connectivity index (χ2v) is 9.14. The van der Waals surface area contributed by atoms with Gasteiger partial charge in [-0.1, -0.05) is 30.3 Å². The van der Waals surface area contributed by atoms with Crippen molar-refractivity contribution in [1.82, 2.24) is 15.5 Å². The third-order valence-corrected chi connectivity index (χ3v) is 5.16. The number of alkyl carbamates (subject to hydrolysis) is 1. The molecule has 0 radical (unpaired) electrons. The summed E-state index contributed by atoms with van der Waals surface area (Å²) in [5.41, 5.74) is -0.0482. The first-order valence-corrected chi connectivity index (χ1v) is 10.9. The number of aliphatic carboxylic acids is 1. The van der Waals surface area contributed by atoms with Gasteiger partial charge in [0.05, 0.1) is 6.10 Å². The molecule has 182 valence electrons. The van der Waals surface area contributed by atoms with E-state index in [1.54, 1.807) is 45.0 Å². The van der Waals surface area contributed by atoms with E-state index in [2.05, 4.69) is 10.6 Å². The van der Waals surface area contributed by atoms with E-state index >= 15 is 0 Å². The van der Waals surface area contributed by atoms with Crippen LogP contribution in [0.15, 0.2) is 30.3 Å². The predicted molar refractivity (Wildman–Crippen MR) is 119 cm³/mol. The van der Waals surface area contributed by atoms with E-state index in [0.29, 0.717) is 12.8 Å². The number of carbonyl (C=O) groups is 4. The third kappa shape index (κ3) is 7.74. The van der Waals surface area contributed by atoms with Gasteiger partial charge >= 0.3 is 12.1 Å². The fourth-order valence-corrected chi connectivity index (χ4v) is 3.64. The molecule has 0 bridgehead atoms. The topological polar surface area (TPSA) is 145 Å². The molecule has 1 heterocycles. The highest BCUT2D eigenvalue weighted by atomic mass is 16.6. The number of rotatable bonds is 8. The number of nitrogens with one attached hydrogen (secondary N) is 2. The van der Waals surface area contributed by atoms with Crippen LogP contribution in [0.2, 0.25) is 0 Å². The van der Waals surface area contributed by atoms with E-state index in [9.17, 15) is 29.4 Å². The normalized spacial score (nSPS) is 18.7. The number of aliphatic hydroxyl groups is 1. The van der Waals surface area contributed by atoms with Crippen LogP contribution in [0.4, 0.5) is 4.79 Å². The molecule has 1 aliphatic heterocycles. The van der Waals surface area contributed by atoms with Gasteiger partial charge in [0.1, 0.15) is 23.7 Å². The molecule has 1 aromatic carbocycles. The van der Waals surface area contributed by atoms with E-state index < -0.39 is 53.7 Å². The average molecular weight is 464 g/mol. The molecule has 0 saturated carbocycles. The number of aliphatic hydroxyl groups excluding tert-OH is 1. The van der Waals surface area contributed by atoms with Crippen LogP contribution in [0, 0.1) is 0 Å². The molecule has 33 heavy (non-hydrogen) atoms. The zero-order valence-electron chi connectivity index (χ0n) is 19.4. The highest BCUT2D eigenvalue weighted by molar-refractivity contribution is 5.93. The number of hydrogen-bond donors (Lipinski definition) is 4. The quantitative estimate of drug-likeness (QED) is 0.451.